The average molecular weight is 471 g/mol. The number of nitrogens with one attached hydrogen (secondary N) is 2. The lowest BCUT2D eigenvalue weighted by Crippen LogP contribution is -2.22. The van der Waals surface area contributed by atoms with Gasteiger partial charge in [-0.25, -0.2) is 8.42 Å². The maximum absolute atomic E-state index is 13.3. The van der Waals surface area contributed by atoms with Crippen LogP contribution in [0.3, 0.4) is 0 Å². The van der Waals surface area contributed by atoms with E-state index in [0.717, 1.165) is 0 Å². The first-order valence-electron chi connectivity index (χ1n) is 10.2. The number of ether oxygens (including phenoxy) is 3. The molecule has 0 saturated carbocycles. The minimum absolute atomic E-state index is 0.0265. The van der Waals surface area contributed by atoms with Crippen LogP contribution >= 0.6 is 0 Å². The highest BCUT2D eigenvalue weighted by atomic mass is 32.2. The molecule has 0 fully saturated rings. The molecule has 3 aromatic rings. The second-order valence-electron chi connectivity index (χ2n) is 6.88. The van der Waals surface area contributed by atoms with Crippen molar-refractivity contribution < 1.29 is 27.4 Å². The Hall–Kier alpha value is -3.72. The number of hydrogen-bond donors (Lipinski definition) is 2. The third-order valence-corrected chi connectivity index (χ3v) is 6.52. The quantitative estimate of drug-likeness (QED) is 0.462. The van der Waals surface area contributed by atoms with Gasteiger partial charge in [-0.3, -0.25) is 4.79 Å². The van der Waals surface area contributed by atoms with Crippen LogP contribution in [0.4, 0.5) is 11.4 Å². The Kier molecular flexibility index (Phi) is 7.78. The van der Waals surface area contributed by atoms with Gasteiger partial charge in [0.25, 0.3) is 0 Å². The van der Waals surface area contributed by atoms with Crippen LogP contribution in [0.1, 0.15) is 6.92 Å². The number of rotatable bonds is 10. The first kappa shape index (κ1) is 23.9. The number of hydrogen-bond acceptors (Lipinski definition) is 7. The number of carbonyl (C=O) groups excluding carboxylic acids is 1. The van der Waals surface area contributed by atoms with Crippen LogP contribution in [0.15, 0.2) is 76.5 Å². The minimum Gasteiger partial charge on any atom is -0.494 e. The van der Waals surface area contributed by atoms with Gasteiger partial charge in [0.2, 0.25) is 15.7 Å². The molecule has 3 aromatic carbocycles. The van der Waals surface area contributed by atoms with Crippen molar-refractivity contribution in [1.82, 2.24) is 0 Å². The summed E-state index contributed by atoms with van der Waals surface area (Å²) in [5.41, 5.74) is 0.813. The predicted octanol–water partition coefficient (Wildman–Crippen LogP) is 3.99. The lowest BCUT2D eigenvalue weighted by molar-refractivity contribution is -0.114. The van der Waals surface area contributed by atoms with E-state index in [-0.39, 0.29) is 22.2 Å². The zero-order valence-electron chi connectivity index (χ0n) is 18.6. The monoisotopic (exact) mass is 470 g/mol. The Morgan fingerprint density at radius 3 is 2.30 bits per heavy atom. The molecule has 0 aliphatic heterocycles. The zero-order chi connectivity index (χ0) is 23.8. The molecular weight excluding hydrogens is 444 g/mol. The van der Waals surface area contributed by atoms with Crippen LogP contribution in [-0.4, -0.2) is 41.7 Å². The largest absolute Gasteiger partial charge is 0.494 e. The molecule has 0 aliphatic carbocycles. The van der Waals surface area contributed by atoms with Crippen molar-refractivity contribution >= 4 is 27.1 Å². The van der Waals surface area contributed by atoms with Gasteiger partial charge in [-0.05, 0) is 43.3 Å². The standard InChI is InChI=1S/C24H26N2O6S/c1-4-32-18-11-12-20(23(15-18)33(28,29)19-8-6-5-7-9-19)25-16-24(27)26-17-10-13-21(30-2)22(14-17)31-3/h5-15,25H,4,16H2,1-3H3,(H,26,27). The summed E-state index contributed by atoms with van der Waals surface area (Å²) in [6.45, 7) is 2.06. The van der Waals surface area contributed by atoms with Gasteiger partial charge in [0.1, 0.15) is 5.75 Å². The Morgan fingerprint density at radius 1 is 0.909 bits per heavy atom. The van der Waals surface area contributed by atoms with Crippen molar-refractivity contribution in [2.75, 3.05) is 38.0 Å². The highest BCUT2D eigenvalue weighted by molar-refractivity contribution is 7.91. The molecule has 0 aliphatic rings. The van der Waals surface area contributed by atoms with Gasteiger partial charge in [0, 0.05) is 17.8 Å². The molecule has 0 spiro atoms. The van der Waals surface area contributed by atoms with Gasteiger partial charge >= 0.3 is 0 Å². The van der Waals surface area contributed by atoms with Crippen molar-refractivity contribution in [3.05, 3.63) is 66.7 Å². The maximum atomic E-state index is 13.3. The van der Waals surface area contributed by atoms with Crippen molar-refractivity contribution in [2.24, 2.45) is 0 Å². The zero-order valence-corrected chi connectivity index (χ0v) is 19.4. The molecule has 0 bridgehead atoms. The first-order chi connectivity index (χ1) is 15.9. The number of anilines is 2. The summed E-state index contributed by atoms with van der Waals surface area (Å²) in [6, 6.07) is 17.8. The number of carbonyl (C=O) groups is 1. The molecule has 174 valence electrons. The SMILES string of the molecule is CCOc1ccc(NCC(=O)Nc2ccc(OC)c(OC)c2)c(S(=O)(=O)c2ccccc2)c1. The summed E-state index contributed by atoms with van der Waals surface area (Å²) < 4.78 is 42.4. The normalized spacial score (nSPS) is 10.9. The second kappa shape index (κ2) is 10.7. The molecule has 8 nitrogen and oxygen atoms in total. The molecule has 33 heavy (non-hydrogen) atoms. The first-order valence-corrected chi connectivity index (χ1v) is 11.7. The van der Waals surface area contributed by atoms with Crippen LogP contribution in [0.2, 0.25) is 0 Å². The van der Waals surface area contributed by atoms with E-state index in [1.165, 1.54) is 32.4 Å². The third-order valence-electron chi connectivity index (χ3n) is 4.71. The number of benzene rings is 3. The summed E-state index contributed by atoms with van der Waals surface area (Å²) >= 11 is 0. The minimum atomic E-state index is -3.84. The van der Waals surface area contributed by atoms with Crippen LogP contribution in [0, 0.1) is 0 Å². The average Bonchev–Trinajstić information content (AvgIpc) is 2.83. The fourth-order valence-corrected chi connectivity index (χ4v) is 4.62. The number of amides is 1. The van der Waals surface area contributed by atoms with Gasteiger partial charge < -0.3 is 24.8 Å². The van der Waals surface area contributed by atoms with Gasteiger partial charge in [-0.15, -0.1) is 0 Å². The van der Waals surface area contributed by atoms with E-state index in [2.05, 4.69) is 10.6 Å². The van der Waals surface area contributed by atoms with E-state index in [9.17, 15) is 13.2 Å². The van der Waals surface area contributed by atoms with E-state index in [1.807, 2.05) is 6.92 Å². The molecule has 9 heteroatoms. The molecule has 0 saturated heterocycles. The summed E-state index contributed by atoms with van der Waals surface area (Å²) in [5.74, 6) is 1.08. The fraction of sp³-hybridized carbons (Fsp3) is 0.208. The summed E-state index contributed by atoms with van der Waals surface area (Å²) in [4.78, 5) is 12.7. The number of methoxy groups -OCH3 is 2. The molecule has 0 heterocycles. The summed E-state index contributed by atoms with van der Waals surface area (Å²) in [5, 5.41) is 5.68. The molecule has 1 amide bonds. The highest BCUT2D eigenvalue weighted by Gasteiger charge is 2.22. The lowest BCUT2D eigenvalue weighted by atomic mass is 10.2. The van der Waals surface area contributed by atoms with Gasteiger partial charge in [0.15, 0.2) is 11.5 Å². The van der Waals surface area contributed by atoms with Crippen LogP contribution < -0.4 is 24.8 Å². The Morgan fingerprint density at radius 2 is 1.64 bits per heavy atom. The summed E-state index contributed by atoms with van der Waals surface area (Å²) in [6.07, 6.45) is 0. The van der Waals surface area contributed by atoms with E-state index in [0.29, 0.717) is 35.2 Å². The smallest absolute Gasteiger partial charge is 0.243 e. The van der Waals surface area contributed by atoms with Crippen LogP contribution in [0.25, 0.3) is 0 Å². The van der Waals surface area contributed by atoms with Crippen LogP contribution in [-0.2, 0) is 14.6 Å². The molecule has 0 aromatic heterocycles. The lowest BCUT2D eigenvalue weighted by Gasteiger charge is -2.15. The molecule has 0 unspecified atom stereocenters. The van der Waals surface area contributed by atoms with Gasteiger partial charge in [-0.2, -0.15) is 0 Å². The Bertz CT molecular complexity index is 1210. The summed E-state index contributed by atoms with van der Waals surface area (Å²) in [7, 11) is -0.807. The fourth-order valence-electron chi connectivity index (χ4n) is 3.15. The van der Waals surface area contributed by atoms with E-state index in [4.69, 9.17) is 14.2 Å². The van der Waals surface area contributed by atoms with E-state index < -0.39 is 9.84 Å². The van der Waals surface area contributed by atoms with Crippen molar-refractivity contribution in [1.29, 1.82) is 0 Å². The highest BCUT2D eigenvalue weighted by Crippen LogP contribution is 2.32. The number of sulfone groups is 1. The van der Waals surface area contributed by atoms with E-state index >= 15 is 0 Å². The molecule has 3 rings (SSSR count). The van der Waals surface area contributed by atoms with Crippen molar-refractivity contribution in [3.63, 3.8) is 0 Å². The molecule has 0 atom stereocenters. The predicted molar refractivity (Wildman–Crippen MR) is 126 cm³/mol. The topological polar surface area (TPSA) is 103 Å². The Labute approximate surface area is 193 Å². The molecule has 0 radical (unpaired) electrons. The Balaban J connectivity index is 1.81. The van der Waals surface area contributed by atoms with Crippen LogP contribution in [0.5, 0.6) is 17.2 Å². The van der Waals surface area contributed by atoms with Gasteiger partial charge in [0.05, 0.1) is 42.8 Å². The third kappa shape index (κ3) is 5.75. The van der Waals surface area contributed by atoms with Crippen molar-refractivity contribution in [2.45, 2.75) is 16.7 Å². The van der Waals surface area contributed by atoms with Crippen molar-refractivity contribution in [3.8, 4) is 17.2 Å². The van der Waals surface area contributed by atoms with Gasteiger partial charge in [-0.1, -0.05) is 18.2 Å². The molecule has 2 N–H and O–H groups in total. The second-order valence-corrected chi connectivity index (χ2v) is 8.80. The molecular formula is C24H26N2O6S. The maximum Gasteiger partial charge on any atom is 0.243 e. The van der Waals surface area contributed by atoms with E-state index in [1.54, 1.807) is 48.5 Å².